The van der Waals surface area contributed by atoms with E-state index < -0.39 is 5.97 Å². The molecule has 0 amide bonds. The van der Waals surface area contributed by atoms with Gasteiger partial charge in [0.2, 0.25) is 0 Å². The summed E-state index contributed by atoms with van der Waals surface area (Å²) >= 11 is 0. The number of hydrogen-bond donors (Lipinski definition) is 1. The van der Waals surface area contributed by atoms with Gasteiger partial charge in [-0.2, -0.15) is 0 Å². The first-order valence-electron chi connectivity index (χ1n) is 6.73. The second kappa shape index (κ2) is 6.17. The lowest BCUT2D eigenvalue weighted by Crippen LogP contribution is -2.28. The minimum absolute atomic E-state index is 0.0400. The van der Waals surface area contributed by atoms with Gasteiger partial charge in [0, 0.05) is 12.8 Å². The second-order valence-corrected chi connectivity index (χ2v) is 6.00. The molecule has 0 fully saturated rings. The number of ketones is 1. The Morgan fingerprint density at radius 3 is 2.56 bits per heavy atom. The molecule has 0 saturated carbocycles. The summed E-state index contributed by atoms with van der Waals surface area (Å²) in [6.45, 7) is 6.67. The van der Waals surface area contributed by atoms with E-state index in [9.17, 15) is 9.59 Å². The van der Waals surface area contributed by atoms with Crippen LogP contribution in [0.1, 0.15) is 59.3 Å². The average Bonchev–Trinajstić information content (AvgIpc) is 2.24. The lowest BCUT2D eigenvalue weighted by atomic mass is 9.67. The Morgan fingerprint density at radius 2 is 2.00 bits per heavy atom. The van der Waals surface area contributed by atoms with Gasteiger partial charge in [0.15, 0.2) is 0 Å². The summed E-state index contributed by atoms with van der Waals surface area (Å²) in [6, 6.07) is 0. The highest BCUT2D eigenvalue weighted by atomic mass is 16.4. The Labute approximate surface area is 109 Å². The van der Waals surface area contributed by atoms with E-state index in [4.69, 9.17) is 5.11 Å². The summed E-state index contributed by atoms with van der Waals surface area (Å²) in [5, 5.41) is 8.54. The van der Waals surface area contributed by atoms with Crippen molar-refractivity contribution in [3.8, 4) is 0 Å². The van der Waals surface area contributed by atoms with Crippen molar-refractivity contribution in [2.45, 2.75) is 59.3 Å². The molecule has 0 heterocycles. The third-order valence-corrected chi connectivity index (χ3v) is 4.08. The Hall–Kier alpha value is -1.12. The van der Waals surface area contributed by atoms with Crippen molar-refractivity contribution < 1.29 is 14.7 Å². The van der Waals surface area contributed by atoms with Crippen LogP contribution in [0.15, 0.2) is 11.6 Å². The zero-order valence-corrected chi connectivity index (χ0v) is 11.7. The topological polar surface area (TPSA) is 54.4 Å². The zero-order valence-electron chi connectivity index (χ0n) is 11.7. The van der Waals surface area contributed by atoms with E-state index in [0.717, 1.165) is 12.8 Å². The van der Waals surface area contributed by atoms with Gasteiger partial charge in [-0.1, -0.05) is 25.5 Å². The molecular weight excluding hydrogens is 228 g/mol. The number of rotatable bonds is 6. The van der Waals surface area contributed by atoms with E-state index in [1.165, 1.54) is 12.0 Å². The summed E-state index contributed by atoms with van der Waals surface area (Å²) in [5.41, 5.74) is 1.64. The van der Waals surface area contributed by atoms with Crippen molar-refractivity contribution in [1.29, 1.82) is 0 Å². The number of hydrogen-bond acceptors (Lipinski definition) is 2. The Morgan fingerprint density at radius 1 is 1.33 bits per heavy atom. The molecule has 1 atom stereocenters. The molecule has 3 nitrogen and oxygen atoms in total. The predicted octanol–water partition coefficient (Wildman–Crippen LogP) is 3.58. The van der Waals surface area contributed by atoms with E-state index in [2.05, 4.69) is 26.8 Å². The zero-order chi connectivity index (χ0) is 13.8. The maximum Gasteiger partial charge on any atom is 0.303 e. The van der Waals surface area contributed by atoms with E-state index in [0.29, 0.717) is 12.3 Å². The van der Waals surface area contributed by atoms with Gasteiger partial charge in [-0.15, -0.1) is 0 Å². The van der Waals surface area contributed by atoms with Gasteiger partial charge in [-0.3, -0.25) is 9.59 Å². The number of carboxylic acids is 1. The first-order valence-corrected chi connectivity index (χ1v) is 6.73. The first-order chi connectivity index (χ1) is 8.33. The summed E-state index contributed by atoms with van der Waals surface area (Å²) in [7, 11) is 0. The van der Waals surface area contributed by atoms with E-state index in [-0.39, 0.29) is 24.0 Å². The quantitative estimate of drug-likeness (QED) is 0.735. The highest BCUT2D eigenvalue weighted by Crippen LogP contribution is 2.43. The molecule has 18 heavy (non-hydrogen) atoms. The van der Waals surface area contributed by atoms with Crippen molar-refractivity contribution >= 4 is 11.8 Å². The van der Waals surface area contributed by atoms with Crippen LogP contribution in [-0.2, 0) is 9.59 Å². The van der Waals surface area contributed by atoms with Crippen molar-refractivity contribution in [3.05, 3.63) is 11.6 Å². The van der Waals surface area contributed by atoms with Gasteiger partial charge in [-0.25, -0.2) is 0 Å². The molecule has 1 unspecified atom stereocenters. The minimum Gasteiger partial charge on any atom is -0.481 e. The maximum absolute atomic E-state index is 11.6. The fourth-order valence-corrected chi connectivity index (χ4v) is 2.90. The molecule has 0 saturated heterocycles. The molecule has 102 valence electrons. The number of Topliss-reactive ketones (excluding diaryl/α,β-unsaturated/α-hetero) is 1. The molecule has 0 aromatic carbocycles. The fraction of sp³-hybridized carbons (Fsp3) is 0.733. The van der Waals surface area contributed by atoms with E-state index >= 15 is 0 Å². The fourth-order valence-electron chi connectivity index (χ4n) is 2.90. The summed E-state index contributed by atoms with van der Waals surface area (Å²) < 4.78 is 0. The number of carboxylic acid groups (broad SMARTS) is 1. The monoisotopic (exact) mass is 252 g/mol. The molecule has 0 radical (unpaired) electrons. The molecule has 3 heteroatoms. The Kier molecular flexibility index (Phi) is 5.12. The third-order valence-electron chi connectivity index (χ3n) is 4.08. The van der Waals surface area contributed by atoms with Crippen LogP contribution in [0.2, 0.25) is 0 Å². The van der Waals surface area contributed by atoms with Crippen molar-refractivity contribution in [2.75, 3.05) is 0 Å². The molecule has 1 N–H and O–H groups in total. The smallest absolute Gasteiger partial charge is 0.303 e. The normalized spacial score (nSPS) is 22.4. The van der Waals surface area contributed by atoms with Crippen LogP contribution in [0.5, 0.6) is 0 Å². The predicted molar refractivity (Wildman–Crippen MR) is 71.4 cm³/mol. The average molecular weight is 252 g/mol. The lowest BCUT2D eigenvalue weighted by molar-refractivity contribution is -0.138. The molecule has 0 aliphatic heterocycles. The Balaban J connectivity index is 2.46. The van der Waals surface area contributed by atoms with Crippen molar-refractivity contribution in [2.24, 2.45) is 11.3 Å². The summed E-state index contributed by atoms with van der Waals surface area (Å²) in [6.07, 6.45) is 6.06. The largest absolute Gasteiger partial charge is 0.481 e. The first kappa shape index (κ1) is 14.9. The van der Waals surface area contributed by atoms with Gasteiger partial charge in [0.25, 0.3) is 0 Å². The highest BCUT2D eigenvalue weighted by Gasteiger charge is 2.32. The number of carbonyl (C=O) groups excluding carboxylic acids is 1. The minimum atomic E-state index is -0.891. The van der Waals surface area contributed by atoms with Gasteiger partial charge in [-0.05, 0) is 37.5 Å². The van der Waals surface area contributed by atoms with Crippen LogP contribution in [0.4, 0.5) is 0 Å². The molecule has 1 rings (SSSR count). The van der Waals surface area contributed by atoms with Crippen LogP contribution in [0, 0.1) is 11.3 Å². The molecule has 1 aliphatic rings. The Bertz CT molecular complexity index is 353. The lowest BCUT2D eigenvalue weighted by Gasteiger charge is -2.38. The van der Waals surface area contributed by atoms with Crippen LogP contribution in [-0.4, -0.2) is 16.9 Å². The number of carbonyl (C=O) groups is 2. The maximum atomic E-state index is 11.6. The van der Waals surface area contributed by atoms with E-state index in [1.54, 1.807) is 0 Å². The number of allylic oxidation sites excluding steroid dienone is 2. The molecular formula is C15H24O3. The summed E-state index contributed by atoms with van der Waals surface area (Å²) in [5.74, 6) is -0.357. The van der Waals surface area contributed by atoms with Crippen molar-refractivity contribution in [3.63, 3.8) is 0 Å². The van der Waals surface area contributed by atoms with Gasteiger partial charge in [0.05, 0.1) is 6.42 Å². The standard InChI is InChI=1S/C15H24O3/c1-11-5-4-10-15(2,3)13(11)8-6-12(16)7-9-14(17)18/h5,13H,4,6-10H2,1-3H3,(H,17,18). The van der Waals surface area contributed by atoms with Gasteiger partial charge in [0.1, 0.15) is 5.78 Å². The second-order valence-electron chi connectivity index (χ2n) is 6.00. The third kappa shape index (κ3) is 4.28. The van der Waals surface area contributed by atoms with Gasteiger partial charge >= 0.3 is 5.97 Å². The van der Waals surface area contributed by atoms with Crippen LogP contribution in [0.25, 0.3) is 0 Å². The van der Waals surface area contributed by atoms with Crippen LogP contribution < -0.4 is 0 Å². The van der Waals surface area contributed by atoms with Crippen LogP contribution in [0.3, 0.4) is 0 Å². The summed E-state index contributed by atoms with van der Waals surface area (Å²) in [4.78, 5) is 22.0. The highest BCUT2D eigenvalue weighted by molar-refractivity contribution is 5.82. The molecule has 0 aromatic heterocycles. The van der Waals surface area contributed by atoms with Crippen molar-refractivity contribution in [1.82, 2.24) is 0 Å². The van der Waals surface area contributed by atoms with E-state index in [1.807, 2.05) is 0 Å². The SMILES string of the molecule is CC1=CCCC(C)(C)C1CCC(=O)CCC(=O)O. The molecule has 0 aromatic rings. The molecule has 1 aliphatic carbocycles. The van der Waals surface area contributed by atoms with Crippen LogP contribution >= 0.6 is 0 Å². The van der Waals surface area contributed by atoms with Gasteiger partial charge < -0.3 is 5.11 Å². The molecule has 0 spiro atoms. The number of aliphatic carboxylic acids is 1. The molecule has 0 bridgehead atoms.